The van der Waals surface area contributed by atoms with Crippen LogP contribution in [0.2, 0.25) is 10.0 Å². The van der Waals surface area contributed by atoms with Crippen molar-refractivity contribution in [2.24, 2.45) is 0 Å². The van der Waals surface area contributed by atoms with Crippen LogP contribution in [0.15, 0.2) is 48.0 Å². The Kier molecular flexibility index (Phi) is 7.57. The maximum Gasteiger partial charge on any atom is 0.223 e. The molecule has 3 heterocycles. The van der Waals surface area contributed by atoms with Crippen LogP contribution in [0.5, 0.6) is 0 Å². The Morgan fingerprint density at radius 1 is 1.07 bits per heavy atom. The van der Waals surface area contributed by atoms with Crippen LogP contribution >= 0.6 is 34.5 Å². The lowest BCUT2D eigenvalue weighted by Crippen LogP contribution is -2.43. The number of thiophene rings is 1. The summed E-state index contributed by atoms with van der Waals surface area (Å²) in [6.07, 6.45) is 4.10. The lowest BCUT2D eigenvalue weighted by atomic mass is 10.0. The van der Waals surface area contributed by atoms with E-state index >= 15 is 0 Å². The number of nitrogens with one attached hydrogen (secondary N) is 2. The van der Waals surface area contributed by atoms with Crippen LogP contribution in [0.1, 0.15) is 18.4 Å². The van der Waals surface area contributed by atoms with E-state index in [1.807, 2.05) is 24.3 Å². The van der Waals surface area contributed by atoms with Crippen LogP contribution in [0, 0.1) is 0 Å². The first-order valence-corrected chi connectivity index (χ1v) is 11.8. The van der Waals surface area contributed by atoms with E-state index in [0.717, 1.165) is 56.1 Å². The van der Waals surface area contributed by atoms with Crippen molar-refractivity contribution in [3.63, 3.8) is 0 Å². The third kappa shape index (κ3) is 5.93. The number of aromatic nitrogens is 2. The first kappa shape index (κ1) is 21.5. The van der Waals surface area contributed by atoms with E-state index < -0.39 is 0 Å². The summed E-state index contributed by atoms with van der Waals surface area (Å²) in [6.45, 7) is 4.78. The summed E-state index contributed by atoms with van der Waals surface area (Å²) in [4.78, 5) is 12.6. The second-order valence-corrected chi connectivity index (χ2v) is 9.18. The predicted molar refractivity (Wildman–Crippen MR) is 127 cm³/mol. The van der Waals surface area contributed by atoms with Crippen molar-refractivity contribution < 1.29 is 0 Å². The monoisotopic (exact) mass is 461 g/mol. The summed E-state index contributed by atoms with van der Waals surface area (Å²) in [7, 11) is 0. The minimum Gasteiger partial charge on any atom is -0.353 e. The Hall–Kier alpha value is -1.70. The lowest BCUT2D eigenvalue weighted by Gasteiger charge is -2.32. The molecule has 0 aliphatic carbocycles. The zero-order valence-corrected chi connectivity index (χ0v) is 19.0. The number of hydrogen-bond donors (Lipinski definition) is 2. The molecule has 4 rings (SSSR count). The number of likely N-dealkylation sites (tertiary alicyclic amines) is 1. The number of rotatable bonds is 8. The van der Waals surface area contributed by atoms with Gasteiger partial charge in [0.15, 0.2) is 0 Å². The molecular weight excluding hydrogens is 437 g/mol. The summed E-state index contributed by atoms with van der Waals surface area (Å²) in [5, 5.41) is 10.3. The Balaban J connectivity index is 1.16. The fraction of sp³-hybridized carbons (Fsp3) is 0.364. The summed E-state index contributed by atoms with van der Waals surface area (Å²) in [6, 6.07) is 12.5. The van der Waals surface area contributed by atoms with Crippen LogP contribution in [0.4, 0.5) is 5.95 Å². The highest BCUT2D eigenvalue weighted by Crippen LogP contribution is 2.24. The van der Waals surface area contributed by atoms with Gasteiger partial charge in [0.05, 0.1) is 20.6 Å². The molecule has 1 aliphatic rings. The summed E-state index contributed by atoms with van der Waals surface area (Å²) in [5.74, 6) is 0.680. The molecular formula is C22H25Cl2N5S. The van der Waals surface area contributed by atoms with Crippen LogP contribution in [0.25, 0.3) is 10.6 Å². The number of halogens is 2. The van der Waals surface area contributed by atoms with Crippen molar-refractivity contribution in [3.05, 3.63) is 63.6 Å². The second-order valence-electron chi connectivity index (χ2n) is 7.42. The third-order valence-corrected chi connectivity index (χ3v) is 6.88. The van der Waals surface area contributed by atoms with Crippen molar-refractivity contribution in [1.82, 2.24) is 20.2 Å². The number of piperidine rings is 1. The Morgan fingerprint density at radius 2 is 1.93 bits per heavy atom. The Morgan fingerprint density at radius 3 is 2.70 bits per heavy atom. The average molecular weight is 462 g/mol. The molecule has 3 aromatic rings. The molecule has 1 aromatic carbocycles. The van der Waals surface area contributed by atoms with Gasteiger partial charge in [-0.15, -0.1) is 11.3 Å². The minimum atomic E-state index is 0.551. The van der Waals surface area contributed by atoms with Gasteiger partial charge in [-0.05, 0) is 61.1 Å². The van der Waals surface area contributed by atoms with Gasteiger partial charge < -0.3 is 10.6 Å². The summed E-state index contributed by atoms with van der Waals surface area (Å²) < 4.78 is 0. The highest BCUT2D eigenvalue weighted by Gasteiger charge is 2.18. The normalized spacial score (nSPS) is 15.4. The first-order valence-electron chi connectivity index (χ1n) is 10.2. The van der Waals surface area contributed by atoms with Gasteiger partial charge in [-0.1, -0.05) is 35.3 Å². The van der Waals surface area contributed by atoms with E-state index in [0.29, 0.717) is 22.0 Å². The van der Waals surface area contributed by atoms with Gasteiger partial charge in [0.1, 0.15) is 0 Å². The molecule has 0 amide bonds. The first-order chi connectivity index (χ1) is 14.7. The molecule has 0 spiro atoms. The van der Waals surface area contributed by atoms with E-state index in [1.54, 1.807) is 17.5 Å². The molecule has 30 heavy (non-hydrogen) atoms. The van der Waals surface area contributed by atoms with Crippen molar-refractivity contribution in [2.45, 2.75) is 25.4 Å². The largest absolute Gasteiger partial charge is 0.353 e. The zero-order valence-electron chi connectivity index (χ0n) is 16.7. The quantitative estimate of drug-likeness (QED) is 0.452. The molecule has 1 aliphatic heterocycles. The maximum absolute atomic E-state index is 6.13. The Labute approximate surface area is 191 Å². The van der Waals surface area contributed by atoms with Crippen molar-refractivity contribution in [1.29, 1.82) is 0 Å². The molecule has 0 radical (unpaired) electrons. The van der Waals surface area contributed by atoms with Crippen LogP contribution in [0.3, 0.4) is 0 Å². The van der Waals surface area contributed by atoms with Gasteiger partial charge in [0, 0.05) is 31.9 Å². The van der Waals surface area contributed by atoms with E-state index in [-0.39, 0.29) is 0 Å². The topological polar surface area (TPSA) is 53.1 Å². The molecule has 0 saturated carbocycles. The predicted octanol–water partition coefficient (Wildman–Crippen LogP) is 5.18. The molecule has 2 aromatic heterocycles. The number of hydrogen-bond acceptors (Lipinski definition) is 6. The number of nitrogens with zero attached hydrogens (tertiary/aromatic N) is 3. The van der Waals surface area contributed by atoms with Crippen LogP contribution in [-0.2, 0) is 6.54 Å². The third-order valence-electron chi connectivity index (χ3n) is 5.25. The van der Waals surface area contributed by atoms with Crippen molar-refractivity contribution in [2.75, 3.05) is 31.5 Å². The fourth-order valence-electron chi connectivity index (χ4n) is 3.65. The second kappa shape index (κ2) is 10.6. The molecule has 158 valence electrons. The molecule has 0 unspecified atom stereocenters. The fourth-order valence-corrected chi connectivity index (χ4v) is 4.66. The van der Waals surface area contributed by atoms with Gasteiger partial charge >= 0.3 is 0 Å². The summed E-state index contributed by atoms with van der Waals surface area (Å²) in [5.41, 5.74) is 2.18. The van der Waals surface area contributed by atoms with Gasteiger partial charge in [0.2, 0.25) is 5.95 Å². The van der Waals surface area contributed by atoms with Crippen LogP contribution < -0.4 is 10.6 Å². The average Bonchev–Trinajstić information content (AvgIpc) is 3.30. The molecule has 1 saturated heterocycles. The van der Waals surface area contributed by atoms with Crippen molar-refractivity contribution in [3.8, 4) is 10.6 Å². The molecule has 0 bridgehead atoms. The number of benzene rings is 1. The van der Waals surface area contributed by atoms with Crippen LogP contribution in [-0.4, -0.2) is 47.1 Å². The SMILES string of the molecule is Clc1ccc(CN2CCC(NCCNc3nccc(-c4cccs4)n3)CC2)cc1Cl. The van der Waals surface area contributed by atoms with E-state index in [9.17, 15) is 0 Å². The van der Waals surface area contributed by atoms with Gasteiger partial charge in [0.25, 0.3) is 0 Å². The number of anilines is 1. The smallest absolute Gasteiger partial charge is 0.223 e. The maximum atomic E-state index is 6.13. The highest BCUT2D eigenvalue weighted by molar-refractivity contribution is 7.13. The Bertz CT molecular complexity index is 942. The van der Waals surface area contributed by atoms with Gasteiger partial charge in [-0.25, -0.2) is 9.97 Å². The standard InChI is InChI=1S/C22H25Cl2N5S/c23-18-4-3-16(14-19(18)24)15-29-11-6-17(7-12-29)25-9-10-27-22-26-8-5-20(28-22)21-2-1-13-30-21/h1-5,8,13-14,17,25H,6-7,9-12,15H2,(H,26,27,28). The minimum absolute atomic E-state index is 0.551. The molecule has 2 N–H and O–H groups in total. The van der Waals surface area contributed by atoms with E-state index in [1.165, 1.54) is 5.56 Å². The lowest BCUT2D eigenvalue weighted by molar-refractivity contribution is 0.191. The van der Waals surface area contributed by atoms with Gasteiger partial charge in [-0.3, -0.25) is 4.90 Å². The molecule has 8 heteroatoms. The van der Waals surface area contributed by atoms with Gasteiger partial charge in [-0.2, -0.15) is 0 Å². The van der Waals surface area contributed by atoms with E-state index in [2.05, 4.69) is 43.0 Å². The summed E-state index contributed by atoms with van der Waals surface area (Å²) >= 11 is 13.8. The molecule has 0 atom stereocenters. The molecule has 5 nitrogen and oxygen atoms in total. The van der Waals surface area contributed by atoms with Crippen molar-refractivity contribution >= 4 is 40.5 Å². The highest BCUT2D eigenvalue weighted by atomic mass is 35.5. The van der Waals surface area contributed by atoms with E-state index in [4.69, 9.17) is 23.2 Å². The molecule has 1 fully saturated rings. The zero-order chi connectivity index (χ0) is 20.8.